The van der Waals surface area contributed by atoms with Crippen molar-refractivity contribution < 1.29 is 9.13 Å². The first kappa shape index (κ1) is 14.6. The number of hydrogen-bond acceptors (Lipinski definition) is 3. The van der Waals surface area contributed by atoms with Gasteiger partial charge in [0.25, 0.3) is 0 Å². The molecule has 0 amide bonds. The number of anilines is 1. The Morgan fingerprint density at radius 1 is 1.24 bits per heavy atom. The van der Waals surface area contributed by atoms with E-state index < -0.39 is 5.82 Å². The van der Waals surface area contributed by atoms with Crippen molar-refractivity contribution in [1.29, 1.82) is 0 Å². The Kier molecular flexibility index (Phi) is 4.29. The van der Waals surface area contributed by atoms with Gasteiger partial charge in [-0.25, -0.2) is 9.37 Å². The van der Waals surface area contributed by atoms with E-state index in [1.165, 1.54) is 12.1 Å². The van der Waals surface area contributed by atoms with Gasteiger partial charge in [-0.2, -0.15) is 0 Å². The quantitative estimate of drug-likeness (QED) is 0.777. The molecule has 6 heteroatoms. The van der Waals surface area contributed by atoms with E-state index in [9.17, 15) is 4.39 Å². The first-order chi connectivity index (χ1) is 10.1. The number of rotatable bonds is 2. The third kappa shape index (κ3) is 3.12. The minimum atomic E-state index is -0.491. The van der Waals surface area contributed by atoms with E-state index in [4.69, 9.17) is 27.9 Å². The molecular weight excluding hydrogens is 314 g/mol. The van der Waals surface area contributed by atoms with Gasteiger partial charge < -0.3 is 9.64 Å². The summed E-state index contributed by atoms with van der Waals surface area (Å²) in [4.78, 5) is 6.42. The molecule has 1 atom stereocenters. The first-order valence-corrected chi connectivity index (χ1v) is 7.33. The average Bonchev–Trinajstić information content (AvgIpc) is 2.52. The highest BCUT2D eigenvalue weighted by Crippen LogP contribution is 2.33. The number of benzene rings is 1. The zero-order valence-corrected chi connectivity index (χ0v) is 12.6. The standard InChI is InChI=1S/C15H13Cl2FN2O/c16-11-8-12(17)13(18)7-10(11)14-9-20(5-6-21-14)15-3-1-2-4-19-15/h1-4,7-8,14H,5-6,9H2. The summed E-state index contributed by atoms with van der Waals surface area (Å²) in [5.41, 5.74) is 0.610. The molecule has 0 N–H and O–H groups in total. The van der Waals surface area contributed by atoms with E-state index in [1.54, 1.807) is 6.20 Å². The van der Waals surface area contributed by atoms with Crippen molar-refractivity contribution in [3.63, 3.8) is 0 Å². The molecule has 1 aliphatic heterocycles. The van der Waals surface area contributed by atoms with E-state index >= 15 is 0 Å². The molecule has 0 spiro atoms. The highest BCUT2D eigenvalue weighted by atomic mass is 35.5. The van der Waals surface area contributed by atoms with Crippen molar-refractivity contribution >= 4 is 29.0 Å². The Morgan fingerprint density at radius 2 is 2.10 bits per heavy atom. The van der Waals surface area contributed by atoms with Crippen molar-refractivity contribution in [1.82, 2.24) is 4.98 Å². The second-order valence-corrected chi connectivity index (χ2v) is 5.60. The number of pyridine rings is 1. The molecular formula is C15H13Cl2FN2O. The zero-order chi connectivity index (χ0) is 14.8. The van der Waals surface area contributed by atoms with Crippen LogP contribution >= 0.6 is 23.2 Å². The molecule has 110 valence electrons. The van der Waals surface area contributed by atoms with Gasteiger partial charge in [-0.15, -0.1) is 0 Å². The van der Waals surface area contributed by atoms with Gasteiger partial charge in [0.05, 0.1) is 11.6 Å². The molecule has 2 aromatic rings. The van der Waals surface area contributed by atoms with Crippen LogP contribution in [0.2, 0.25) is 10.0 Å². The fourth-order valence-electron chi connectivity index (χ4n) is 2.37. The molecule has 1 aromatic carbocycles. The molecule has 1 fully saturated rings. The minimum Gasteiger partial charge on any atom is -0.370 e. The maximum atomic E-state index is 13.7. The summed E-state index contributed by atoms with van der Waals surface area (Å²) in [5.74, 6) is 0.381. The monoisotopic (exact) mass is 326 g/mol. The van der Waals surface area contributed by atoms with E-state index in [2.05, 4.69) is 9.88 Å². The lowest BCUT2D eigenvalue weighted by Crippen LogP contribution is -2.38. The van der Waals surface area contributed by atoms with E-state index in [-0.39, 0.29) is 11.1 Å². The third-order valence-electron chi connectivity index (χ3n) is 3.43. The van der Waals surface area contributed by atoms with Crippen LogP contribution in [0, 0.1) is 5.82 Å². The molecule has 1 aromatic heterocycles. The molecule has 1 aliphatic rings. The van der Waals surface area contributed by atoms with Crippen LogP contribution in [0.25, 0.3) is 0 Å². The van der Waals surface area contributed by atoms with Crippen molar-refractivity contribution in [3.8, 4) is 0 Å². The lowest BCUT2D eigenvalue weighted by atomic mass is 10.1. The maximum absolute atomic E-state index is 13.7. The van der Waals surface area contributed by atoms with Crippen LogP contribution in [-0.2, 0) is 4.74 Å². The summed E-state index contributed by atoms with van der Waals surface area (Å²) in [7, 11) is 0. The van der Waals surface area contributed by atoms with Crippen molar-refractivity contribution in [2.75, 3.05) is 24.6 Å². The largest absolute Gasteiger partial charge is 0.370 e. The van der Waals surface area contributed by atoms with Gasteiger partial charge in [0.1, 0.15) is 17.7 Å². The summed E-state index contributed by atoms with van der Waals surface area (Å²) < 4.78 is 19.4. The number of aromatic nitrogens is 1. The normalized spacial score (nSPS) is 18.8. The average molecular weight is 327 g/mol. The third-order valence-corrected chi connectivity index (χ3v) is 4.04. The van der Waals surface area contributed by atoms with Crippen LogP contribution < -0.4 is 4.90 Å². The van der Waals surface area contributed by atoms with Gasteiger partial charge in [0.2, 0.25) is 0 Å². The SMILES string of the molecule is Fc1cc(C2CN(c3ccccn3)CCO2)c(Cl)cc1Cl. The Labute approximate surface area is 132 Å². The number of nitrogens with zero attached hydrogens (tertiary/aromatic N) is 2. The van der Waals surface area contributed by atoms with Crippen molar-refractivity contribution in [2.45, 2.75) is 6.10 Å². The molecule has 1 saturated heterocycles. The second-order valence-electron chi connectivity index (χ2n) is 4.78. The topological polar surface area (TPSA) is 25.4 Å². The van der Waals surface area contributed by atoms with Gasteiger partial charge in [-0.1, -0.05) is 29.3 Å². The molecule has 0 radical (unpaired) electrons. The van der Waals surface area contributed by atoms with Gasteiger partial charge in [-0.3, -0.25) is 0 Å². The Hall–Kier alpha value is -1.36. The van der Waals surface area contributed by atoms with E-state index in [1.807, 2.05) is 18.2 Å². The molecule has 0 saturated carbocycles. The summed E-state index contributed by atoms with van der Waals surface area (Å²) >= 11 is 11.9. The maximum Gasteiger partial charge on any atom is 0.142 e. The summed E-state index contributed by atoms with van der Waals surface area (Å²) in [5, 5.41) is 0.426. The number of ether oxygens (including phenoxy) is 1. The lowest BCUT2D eigenvalue weighted by molar-refractivity contribution is 0.0394. The molecule has 0 aliphatic carbocycles. The molecule has 3 rings (SSSR count). The molecule has 0 bridgehead atoms. The van der Waals surface area contributed by atoms with Crippen LogP contribution in [0.15, 0.2) is 36.5 Å². The van der Waals surface area contributed by atoms with Gasteiger partial charge in [0.15, 0.2) is 0 Å². The van der Waals surface area contributed by atoms with Crippen LogP contribution in [0.4, 0.5) is 10.2 Å². The van der Waals surface area contributed by atoms with Crippen molar-refractivity contribution in [2.24, 2.45) is 0 Å². The highest BCUT2D eigenvalue weighted by molar-refractivity contribution is 6.35. The summed E-state index contributed by atoms with van der Waals surface area (Å²) in [6.07, 6.45) is 1.44. The lowest BCUT2D eigenvalue weighted by Gasteiger charge is -2.34. The van der Waals surface area contributed by atoms with Crippen molar-refractivity contribution in [3.05, 3.63) is 58.0 Å². The van der Waals surface area contributed by atoms with Crippen LogP contribution in [0.3, 0.4) is 0 Å². The van der Waals surface area contributed by atoms with E-state index in [0.29, 0.717) is 23.7 Å². The Bertz CT molecular complexity index is 639. The van der Waals surface area contributed by atoms with Gasteiger partial charge in [0, 0.05) is 29.9 Å². The predicted octanol–water partition coefficient (Wildman–Crippen LogP) is 4.11. The first-order valence-electron chi connectivity index (χ1n) is 6.57. The fraction of sp³-hybridized carbons (Fsp3) is 0.267. The summed E-state index contributed by atoms with van der Waals surface area (Å²) in [6, 6.07) is 8.50. The molecule has 21 heavy (non-hydrogen) atoms. The molecule has 3 nitrogen and oxygen atoms in total. The second kappa shape index (κ2) is 6.18. The predicted molar refractivity (Wildman–Crippen MR) is 81.6 cm³/mol. The Morgan fingerprint density at radius 3 is 2.86 bits per heavy atom. The molecule has 2 heterocycles. The molecule has 1 unspecified atom stereocenters. The minimum absolute atomic E-state index is 0.0149. The van der Waals surface area contributed by atoms with Gasteiger partial charge >= 0.3 is 0 Å². The number of hydrogen-bond donors (Lipinski definition) is 0. The fourth-order valence-corrected chi connectivity index (χ4v) is 2.88. The van der Waals surface area contributed by atoms with Gasteiger partial charge in [-0.05, 0) is 24.3 Å². The highest BCUT2D eigenvalue weighted by Gasteiger charge is 2.25. The van der Waals surface area contributed by atoms with Crippen LogP contribution in [0.5, 0.6) is 0 Å². The number of morpholine rings is 1. The summed E-state index contributed by atoms with van der Waals surface area (Å²) in [6.45, 7) is 1.83. The van der Waals surface area contributed by atoms with E-state index in [0.717, 1.165) is 12.4 Å². The number of halogens is 3. The Balaban J connectivity index is 1.85. The smallest absolute Gasteiger partial charge is 0.142 e. The van der Waals surface area contributed by atoms with Crippen LogP contribution in [0.1, 0.15) is 11.7 Å². The van der Waals surface area contributed by atoms with Crippen LogP contribution in [-0.4, -0.2) is 24.7 Å². The zero-order valence-electron chi connectivity index (χ0n) is 11.1.